The third kappa shape index (κ3) is 3.27. The van der Waals surface area contributed by atoms with E-state index in [1.165, 1.54) is 7.11 Å². The molecular weight excluding hydrogens is 342 g/mol. The van der Waals surface area contributed by atoms with Crippen LogP contribution in [0.4, 0.5) is 11.5 Å². The monoisotopic (exact) mass is 359 g/mol. The number of hydrogen-bond donors (Lipinski definition) is 0. The summed E-state index contributed by atoms with van der Waals surface area (Å²) < 4.78 is 6.59. The van der Waals surface area contributed by atoms with Crippen LogP contribution < -0.4 is 0 Å². The number of para-hydroxylation sites is 1. The number of carbonyl (C=O) groups excluding carboxylic acids is 1. The lowest BCUT2D eigenvalue weighted by atomic mass is 10.2. The van der Waals surface area contributed by atoms with E-state index in [1.54, 1.807) is 6.20 Å². The van der Waals surface area contributed by atoms with E-state index in [-0.39, 0.29) is 12.4 Å². The first-order chi connectivity index (χ1) is 13.2. The van der Waals surface area contributed by atoms with Gasteiger partial charge in [0.15, 0.2) is 5.82 Å². The molecule has 0 N–H and O–H groups in total. The largest absolute Gasteiger partial charge is 0.469 e. The van der Waals surface area contributed by atoms with E-state index in [9.17, 15) is 4.79 Å². The Balaban J connectivity index is 1.83. The number of azo groups is 1. The number of aryl methyl sites for hydroxylation is 1. The average Bonchev–Trinajstić information content (AvgIpc) is 3.02. The van der Waals surface area contributed by atoms with Crippen molar-refractivity contribution in [2.45, 2.75) is 13.3 Å². The second-order valence-corrected chi connectivity index (χ2v) is 6.12. The Labute approximate surface area is 155 Å². The summed E-state index contributed by atoms with van der Waals surface area (Å²) in [6.45, 7) is 1.98. The Morgan fingerprint density at radius 2 is 2.04 bits per heavy atom. The number of carbonyl (C=O) groups is 1. The summed E-state index contributed by atoms with van der Waals surface area (Å²) in [5, 5.41) is 9.79. The number of ether oxygens (including phenoxy) is 1. The first-order valence-electron chi connectivity index (χ1n) is 8.45. The van der Waals surface area contributed by atoms with Crippen LogP contribution in [0.3, 0.4) is 0 Å². The normalized spacial score (nSPS) is 11.5. The van der Waals surface area contributed by atoms with Crippen LogP contribution in [0.2, 0.25) is 0 Å². The Morgan fingerprint density at radius 3 is 2.89 bits per heavy atom. The minimum Gasteiger partial charge on any atom is -0.469 e. The van der Waals surface area contributed by atoms with E-state index in [1.807, 2.05) is 60.0 Å². The van der Waals surface area contributed by atoms with Crippen LogP contribution in [0, 0.1) is 6.92 Å². The molecule has 0 fully saturated rings. The van der Waals surface area contributed by atoms with Gasteiger partial charge in [-0.1, -0.05) is 18.2 Å². The summed E-state index contributed by atoms with van der Waals surface area (Å²) in [7, 11) is 1.35. The highest BCUT2D eigenvalue weighted by atomic mass is 16.5. The Morgan fingerprint density at radius 1 is 1.19 bits per heavy atom. The van der Waals surface area contributed by atoms with Gasteiger partial charge in [-0.05, 0) is 36.8 Å². The number of nitrogens with zero attached hydrogens (tertiary/aromatic N) is 5. The highest BCUT2D eigenvalue weighted by Gasteiger charge is 2.16. The maximum atomic E-state index is 11.8. The number of rotatable bonds is 4. The minimum absolute atomic E-state index is 0.0272. The van der Waals surface area contributed by atoms with Crippen LogP contribution in [0.15, 0.2) is 65.1 Å². The maximum Gasteiger partial charge on any atom is 0.311 e. The Hall–Kier alpha value is -3.61. The van der Waals surface area contributed by atoms with Crippen LogP contribution in [0.5, 0.6) is 0 Å². The maximum absolute atomic E-state index is 11.8. The lowest BCUT2D eigenvalue weighted by Crippen LogP contribution is -2.04. The van der Waals surface area contributed by atoms with Crippen LogP contribution in [-0.4, -0.2) is 27.4 Å². The Bertz CT molecular complexity index is 1170. The molecule has 0 radical (unpaired) electrons. The van der Waals surface area contributed by atoms with E-state index in [0.717, 1.165) is 16.5 Å². The van der Waals surface area contributed by atoms with Gasteiger partial charge in [0, 0.05) is 17.8 Å². The van der Waals surface area contributed by atoms with Gasteiger partial charge in [0.25, 0.3) is 0 Å². The van der Waals surface area contributed by atoms with Crippen molar-refractivity contribution in [2.75, 3.05) is 7.11 Å². The molecule has 7 heteroatoms. The molecule has 0 saturated carbocycles. The molecule has 134 valence electrons. The number of methoxy groups -OCH3 is 1. The molecule has 0 atom stereocenters. The molecular formula is C20H17N5O2. The van der Waals surface area contributed by atoms with E-state index < -0.39 is 0 Å². The number of imidazole rings is 1. The molecule has 1 aromatic carbocycles. The van der Waals surface area contributed by atoms with Gasteiger partial charge >= 0.3 is 5.97 Å². The predicted molar refractivity (Wildman–Crippen MR) is 102 cm³/mol. The third-order valence-corrected chi connectivity index (χ3v) is 4.23. The SMILES string of the molecule is COC(=O)Cc1nc2cc(C)ccn2c1N=Nc1cccc2cccnc12. The molecule has 0 saturated heterocycles. The molecule has 0 aliphatic carbocycles. The molecule has 0 spiro atoms. The summed E-state index contributed by atoms with van der Waals surface area (Å²) >= 11 is 0. The van der Waals surface area contributed by atoms with Crippen molar-refractivity contribution in [3.8, 4) is 0 Å². The van der Waals surface area contributed by atoms with Crippen LogP contribution in [0.1, 0.15) is 11.3 Å². The predicted octanol–water partition coefficient (Wildman–Crippen LogP) is 4.32. The van der Waals surface area contributed by atoms with Gasteiger partial charge in [0.2, 0.25) is 0 Å². The van der Waals surface area contributed by atoms with Gasteiger partial charge in [0.1, 0.15) is 11.3 Å². The zero-order valence-electron chi connectivity index (χ0n) is 15.0. The zero-order chi connectivity index (χ0) is 18.8. The smallest absolute Gasteiger partial charge is 0.311 e. The van der Waals surface area contributed by atoms with Gasteiger partial charge in [0.05, 0.1) is 24.7 Å². The lowest BCUT2D eigenvalue weighted by molar-refractivity contribution is -0.139. The summed E-state index contributed by atoms with van der Waals surface area (Å²) in [6.07, 6.45) is 3.62. The van der Waals surface area contributed by atoms with Gasteiger partial charge in [-0.3, -0.25) is 14.2 Å². The quantitative estimate of drug-likeness (QED) is 0.401. The van der Waals surface area contributed by atoms with E-state index >= 15 is 0 Å². The van der Waals surface area contributed by atoms with Crippen molar-refractivity contribution in [1.82, 2.24) is 14.4 Å². The number of hydrogen-bond acceptors (Lipinski definition) is 6. The highest BCUT2D eigenvalue weighted by molar-refractivity contribution is 5.88. The lowest BCUT2D eigenvalue weighted by Gasteiger charge is -2.01. The van der Waals surface area contributed by atoms with Gasteiger partial charge < -0.3 is 4.74 Å². The standard InChI is InChI=1S/C20H17N5O2/c1-13-8-10-25-17(11-13)22-16(12-18(26)27-2)20(25)24-23-15-7-3-5-14-6-4-9-21-19(14)15/h3-11H,12H2,1-2H3. The molecule has 3 heterocycles. The molecule has 4 rings (SSSR count). The first-order valence-corrected chi connectivity index (χ1v) is 8.45. The molecule has 3 aromatic heterocycles. The van der Waals surface area contributed by atoms with Gasteiger partial charge in [-0.2, -0.15) is 0 Å². The number of aromatic nitrogens is 3. The molecule has 27 heavy (non-hydrogen) atoms. The van der Waals surface area contributed by atoms with Crippen molar-refractivity contribution < 1.29 is 9.53 Å². The molecule has 4 aromatic rings. The Kier molecular flexibility index (Phi) is 4.33. The van der Waals surface area contributed by atoms with E-state index in [0.29, 0.717) is 22.8 Å². The van der Waals surface area contributed by atoms with Crippen molar-refractivity contribution >= 4 is 34.0 Å². The fourth-order valence-electron chi connectivity index (χ4n) is 2.89. The number of benzene rings is 1. The molecule has 0 bridgehead atoms. The van der Waals surface area contributed by atoms with Crippen LogP contribution in [0.25, 0.3) is 16.6 Å². The van der Waals surface area contributed by atoms with Crippen molar-refractivity contribution in [2.24, 2.45) is 10.2 Å². The first kappa shape index (κ1) is 16.8. The fraction of sp³-hybridized carbons (Fsp3) is 0.150. The molecule has 0 unspecified atom stereocenters. The second kappa shape index (κ2) is 6.95. The number of pyridine rings is 2. The second-order valence-electron chi connectivity index (χ2n) is 6.12. The highest BCUT2D eigenvalue weighted by Crippen LogP contribution is 2.28. The molecule has 0 amide bonds. The molecule has 0 aliphatic rings. The summed E-state index contributed by atoms with van der Waals surface area (Å²) in [6, 6.07) is 13.5. The summed E-state index contributed by atoms with van der Waals surface area (Å²) in [4.78, 5) is 20.7. The summed E-state index contributed by atoms with van der Waals surface area (Å²) in [5.41, 5.74) is 3.71. The van der Waals surface area contributed by atoms with Gasteiger partial charge in [-0.15, -0.1) is 10.2 Å². The summed E-state index contributed by atoms with van der Waals surface area (Å²) in [5.74, 6) is 0.127. The number of esters is 1. The molecule has 0 aliphatic heterocycles. The van der Waals surface area contributed by atoms with Crippen molar-refractivity contribution in [1.29, 1.82) is 0 Å². The average molecular weight is 359 g/mol. The minimum atomic E-state index is -0.376. The zero-order valence-corrected chi connectivity index (χ0v) is 15.0. The third-order valence-electron chi connectivity index (χ3n) is 4.23. The number of fused-ring (bicyclic) bond motifs is 2. The van der Waals surface area contributed by atoms with Gasteiger partial charge in [-0.25, -0.2) is 4.98 Å². The molecule has 7 nitrogen and oxygen atoms in total. The fourth-order valence-corrected chi connectivity index (χ4v) is 2.89. The van der Waals surface area contributed by atoms with E-state index in [4.69, 9.17) is 4.74 Å². The van der Waals surface area contributed by atoms with Crippen molar-refractivity contribution in [3.63, 3.8) is 0 Å². The topological polar surface area (TPSA) is 81.2 Å². The van der Waals surface area contributed by atoms with Crippen LogP contribution >= 0.6 is 0 Å². The van der Waals surface area contributed by atoms with Crippen molar-refractivity contribution in [3.05, 3.63) is 66.1 Å². The van der Waals surface area contributed by atoms with Crippen LogP contribution in [-0.2, 0) is 16.0 Å². The van der Waals surface area contributed by atoms with E-state index in [2.05, 4.69) is 20.2 Å².